The molecule has 1 aromatic carbocycles. The fourth-order valence-corrected chi connectivity index (χ4v) is 3.21. The van der Waals surface area contributed by atoms with Gasteiger partial charge in [-0.3, -0.25) is 0 Å². The number of aliphatic hydroxyl groups is 1. The molecule has 25 heavy (non-hydrogen) atoms. The molecule has 1 atom stereocenters. The van der Waals surface area contributed by atoms with E-state index >= 15 is 0 Å². The lowest BCUT2D eigenvalue weighted by molar-refractivity contribution is -0.200. The number of aliphatic hydroxyl groups excluding tert-OH is 1. The summed E-state index contributed by atoms with van der Waals surface area (Å²) in [6.07, 6.45) is -3.62. The number of halogens is 3. The van der Waals surface area contributed by atoms with Gasteiger partial charge < -0.3 is 10.0 Å². The predicted octanol–water partition coefficient (Wildman–Crippen LogP) is 3.47. The normalized spacial score (nSPS) is 17.5. The maximum Gasteiger partial charge on any atom is 0.416 e. The van der Waals surface area contributed by atoms with Gasteiger partial charge in [-0.25, -0.2) is 9.97 Å². The number of β-amino-alcohol motifs (C(OH)–C–C–N with tert-alkyl or cyclic N) is 1. The smallest absolute Gasteiger partial charge is 0.382 e. The first-order valence-electron chi connectivity index (χ1n) is 8.01. The van der Waals surface area contributed by atoms with Gasteiger partial charge in [0.2, 0.25) is 0 Å². The van der Waals surface area contributed by atoms with Crippen LogP contribution in [-0.4, -0.2) is 40.4 Å². The number of hydrogen-bond acceptors (Lipinski definition) is 4. The predicted molar refractivity (Wildman–Crippen MR) is 89.5 cm³/mol. The molecule has 4 nitrogen and oxygen atoms in total. The van der Waals surface area contributed by atoms with Crippen molar-refractivity contribution >= 4 is 5.69 Å². The molecule has 134 valence electrons. The number of nitrogens with zero attached hydrogens (tertiary/aromatic N) is 3. The lowest BCUT2D eigenvalue weighted by Gasteiger charge is -2.26. The quantitative estimate of drug-likeness (QED) is 0.920. The Labute approximate surface area is 144 Å². The highest BCUT2D eigenvalue weighted by Gasteiger charge is 2.43. The first-order chi connectivity index (χ1) is 11.6. The molecule has 2 heterocycles. The Morgan fingerprint density at radius 3 is 2.44 bits per heavy atom. The van der Waals surface area contributed by atoms with E-state index < -0.39 is 18.8 Å². The zero-order valence-corrected chi connectivity index (χ0v) is 14.3. The van der Waals surface area contributed by atoms with Crippen LogP contribution in [0.2, 0.25) is 0 Å². The third-order valence-corrected chi connectivity index (χ3v) is 4.54. The zero-order valence-electron chi connectivity index (χ0n) is 14.3. The van der Waals surface area contributed by atoms with Gasteiger partial charge >= 0.3 is 6.18 Å². The molecular formula is C18H20F3N3O. The molecule has 1 unspecified atom stereocenters. The van der Waals surface area contributed by atoms with E-state index in [0.717, 1.165) is 16.7 Å². The van der Waals surface area contributed by atoms with Gasteiger partial charge in [0.15, 0.2) is 6.10 Å². The van der Waals surface area contributed by atoms with Crippen LogP contribution in [-0.2, 0) is 5.41 Å². The van der Waals surface area contributed by atoms with Crippen molar-refractivity contribution in [2.24, 2.45) is 0 Å². The van der Waals surface area contributed by atoms with Crippen LogP contribution in [0.1, 0.15) is 25.2 Å². The summed E-state index contributed by atoms with van der Waals surface area (Å²) in [5, 5.41) is 9.47. The Kier molecular flexibility index (Phi) is 4.23. The van der Waals surface area contributed by atoms with Gasteiger partial charge in [0, 0.05) is 35.6 Å². The second-order valence-electron chi connectivity index (χ2n) is 7.07. The molecule has 0 spiro atoms. The largest absolute Gasteiger partial charge is 0.416 e. The van der Waals surface area contributed by atoms with Gasteiger partial charge in [0.25, 0.3) is 0 Å². The highest BCUT2D eigenvalue weighted by Crippen LogP contribution is 2.42. The van der Waals surface area contributed by atoms with Gasteiger partial charge in [-0.15, -0.1) is 0 Å². The van der Waals surface area contributed by atoms with Crippen molar-refractivity contribution in [2.75, 3.05) is 18.0 Å². The second kappa shape index (κ2) is 5.98. The molecular weight excluding hydrogens is 331 g/mol. The summed E-state index contributed by atoms with van der Waals surface area (Å²) in [6, 6.07) is 5.71. The van der Waals surface area contributed by atoms with E-state index in [2.05, 4.69) is 9.97 Å². The molecule has 1 aliphatic rings. The molecule has 0 radical (unpaired) electrons. The zero-order chi connectivity index (χ0) is 18.4. The number of alkyl halides is 3. The lowest BCUT2D eigenvalue weighted by Crippen LogP contribution is -2.42. The van der Waals surface area contributed by atoms with E-state index in [9.17, 15) is 18.3 Å². The first-order valence-corrected chi connectivity index (χ1v) is 8.01. The Morgan fingerprint density at radius 2 is 1.84 bits per heavy atom. The minimum absolute atomic E-state index is 0.289. The van der Waals surface area contributed by atoms with Crippen LogP contribution in [0.25, 0.3) is 11.1 Å². The Hall–Kier alpha value is -2.15. The summed E-state index contributed by atoms with van der Waals surface area (Å²) in [4.78, 5) is 9.93. The molecule has 0 fully saturated rings. The minimum Gasteiger partial charge on any atom is -0.382 e. The van der Waals surface area contributed by atoms with Crippen molar-refractivity contribution in [2.45, 2.75) is 38.5 Å². The molecule has 7 heteroatoms. The monoisotopic (exact) mass is 351 g/mol. The standard InChI is InChI=1S/C18H20F3N3O/c1-11-22-7-13(8-23-11)12-4-5-14-15(6-12)24(10-17(14,2)3)9-16(25)18(19,20)21/h4-8,16,25H,9-10H2,1-3H3. The molecule has 1 aliphatic heterocycles. The average molecular weight is 351 g/mol. The summed E-state index contributed by atoms with van der Waals surface area (Å²) in [6.45, 7) is 5.70. The van der Waals surface area contributed by atoms with Gasteiger partial charge in [0.1, 0.15) is 5.82 Å². The van der Waals surface area contributed by atoms with Crippen LogP contribution in [0.3, 0.4) is 0 Å². The minimum atomic E-state index is -4.63. The van der Waals surface area contributed by atoms with Gasteiger partial charge in [-0.1, -0.05) is 26.0 Å². The number of fused-ring (bicyclic) bond motifs is 1. The van der Waals surface area contributed by atoms with Gasteiger partial charge in [-0.2, -0.15) is 13.2 Å². The number of aromatic nitrogens is 2. The Balaban J connectivity index is 1.97. The number of aryl methyl sites for hydroxylation is 1. The molecule has 3 rings (SSSR count). The highest BCUT2D eigenvalue weighted by molar-refractivity contribution is 5.73. The summed E-state index contributed by atoms with van der Waals surface area (Å²) >= 11 is 0. The van der Waals surface area contributed by atoms with E-state index in [1.54, 1.807) is 24.2 Å². The Morgan fingerprint density at radius 1 is 1.20 bits per heavy atom. The molecule has 0 saturated heterocycles. The fourth-order valence-electron chi connectivity index (χ4n) is 3.21. The van der Waals surface area contributed by atoms with Crippen LogP contribution >= 0.6 is 0 Å². The summed E-state index contributed by atoms with van der Waals surface area (Å²) in [7, 11) is 0. The number of hydrogen-bond donors (Lipinski definition) is 1. The van der Waals surface area contributed by atoms with E-state index in [4.69, 9.17) is 0 Å². The van der Waals surface area contributed by atoms with Crippen molar-refractivity contribution in [1.82, 2.24) is 9.97 Å². The average Bonchev–Trinajstić information content (AvgIpc) is 2.77. The second-order valence-corrected chi connectivity index (χ2v) is 7.07. The van der Waals surface area contributed by atoms with Crippen LogP contribution < -0.4 is 4.90 Å². The Bertz CT molecular complexity index is 772. The molecule has 0 aliphatic carbocycles. The SMILES string of the molecule is Cc1ncc(-c2ccc3c(c2)N(CC(O)C(F)(F)F)CC3(C)C)cn1. The van der Waals surface area contributed by atoms with Crippen LogP contribution in [0, 0.1) is 6.92 Å². The van der Waals surface area contributed by atoms with Crippen LogP contribution in [0.4, 0.5) is 18.9 Å². The summed E-state index contributed by atoms with van der Waals surface area (Å²) in [5.41, 5.74) is 3.03. The van der Waals surface area contributed by atoms with Crippen LogP contribution in [0.15, 0.2) is 30.6 Å². The maximum atomic E-state index is 12.8. The lowest BCUT2D eigenvalue weighted by atomic mass is 9.86. The third-order valence-electron chi connectivity index (χ3n) is 4.54. The van der Waals surface area contributed by atoms with Crippen molar-refractivity contribution in [1.29, 1.82) is 0 Å². The topological polar surface area (TPSA) is 49.2 Å². The van der Waals surface area contributed by atoms with E-state index in [1.165, 1.54) is 0 Å². The number of benzene rings is 1. The molecule has 1 aromatic heterocycles. The van der Waals surface area contributed by atoms with Gasteiger partial charge in [-0.05, 0) is 24.1 Å². The summed E-state index contributed by atoms with van der Waals surface area (Å²) < 4.78 is 38.3. The van der Waals surface area contributed by atoms with Crippen LogP contribution in [0.5, 0.6) is 0 Å². The van der Waals surface area contributed by atoms with E-state index in [0.29, 0.717) is 18.1 Å². The van der Waals surface area contributed by atoms with Gasteiger partial charge in [0.05, 0.1) is 6.54 Å². The number of rotatable bonds is 3. The van der Waals surface area contributed by atoms with E-state index in [1.807, 2.05) is 32.0 Å². The van der Waals surface area contributed by atoms with Crippen molar-refractivity contribution in [3.8, 4) is 11.1 Å². The maximum absolute atomic E-state index is 12.8. The summed E-state index contributed by atoms with van der Waals surface area (Å²) in [5.74, 6) is 0.654. The first kappa shape index (κ1) is 17.7. The molecule has 0 saturated carbocycles. The molecule has 1 N–H and O–H groups in total. The molecule has 2 aromatic rings. The van der Waals surface area contributed by atoms with E-state index in [-0.39, 0.29) is 5.41 Å². The highest BCUT2D eigenvalue weighted by atomic mass is 19.4. The molecule has 0 amide bonds. The third kappa shape index (κ3) is 3.46. The number of anilines is 1. The fraction of sp³-hybridized carbons (Fsp3) is 0.444. The van der Waals surface area contributed by atoms with Crippen molar-refractivity contribution < 1.29 is 18.3 Å². The molecule has 0 bridgehead atoms. The van der Waals surface area contributed by atoms with Crippen molar-refractivity contribution in [3.05, 3.63) is 42.0 Å². The van der Waals surface area contributed by atoms with Crippen molar-refractivity contribution in [3.63, 3.8) is 0 Å².